The fourth-order valence-electron chi connectivity index (χ4n) is 0.936. The van der Waals surface area contributed by atoms with E-state index in [1.807, 2.05) is 0 Å². The molecule has 1 aromatic rings. The van der Waals surface area contributed by atoms with Crippen molar-refractivity contribution in [2.75, 3.05) is 5.32 Å². The van der Waals surface area contributed by atoms with Crippen LogP contribution in [-0.4, -0.2) is 16.9 Å². The molecule has 0 aliphatic rings. The van der Waals surface area contributed by atoms with Crippen LogP contribution < -0.4 is 11.1 Å². The summed E-state index contributed by atoms with van der Waals surface area (Å²) in [5.74, 6) is -0.327. The minimum atomic E-state index is -0.435. The molecule has 4 nitrogen and oxygen atoms in total. The van der Waals surface area contributed by atoms with Crippen molar-refractivity contribution in [1.29, 1.82) is 0 Å². The summed E-state index contributed by atoms with van der Waals surface area (Å²) in [6, 6.07) is 2.43. The number of carbonyl (C=O) groups is 1. The van der Waals surface area contributed by atoms with Crippen LogP contribution in [0.15, 0.2) is 18.3 Å². The Kier molecular flexibility index (Phi) is 3.53. The van der Waals surface area contributed by atoms with Crippen molar-refractivity contribution in [3.63, 3.8) is 0 Å². The number of anilines is 1. The minimum Gasteiger partial charge on any atom is -0.327 e. The highest BCUT2D eigenvalue weighted by molar-refractivity contribution is 5.90. The van der Waals surface area contributed by atoms with Crippen LogP contribution in [0.5, 0.6) is 0 Å². The van der Waals surface area contributed by atoms with Crippen molar-refractivity contribution in [1.82, 2.24) is 4.98 Å². The summed E-state index contributed by atoms with van der Waals surface area (Å²) in [4.78, 5) is 14.9. The molecule has 0 saturated heterocycles. The Labute approximate surface area is 81.3 Å². The van der Waals surface area contributed by atoms with E-state index >= 15 is 0 Å². The number of nitrogens with one attached hydrogen (secondary N) is 1. The lowest BCUT2D eigenvalue weighted by Crippen LogP contribution is -2.24. The monoisotopic (exact) mass is 197 g/mol. The third kappa shape index (κ3) is 3.49. The van der Waals surface area contributed by atoms with E-state index in [1.54, 1.807) is 6.92 Å². The molecule has 1 heterocycles. The maximum Gasteiger partial charge on any atom is 0.227 e. The summed E-state index contributed by atoms with van der Waals surface area (Å²) in [6.07, 6.45) is 1.26. The first-order valence-corrected chi connectivity index (χ1v) is 4.25. The number of pyridine rings is 1. The van der Waals surface area contributed by atoms with E-state index < -0.39 is 5.82 Å². The van der Waals surface area contributed by atoms with Crippen LogP contribution in [0.2, 0.25) is 0 Å². The van der Waals surface area contributed by atoms with Crippen molar-refractivity contribution in [2.24, 2.45) is 5.73 Å². The molecule has 1 atom stereocenters. The Morgan fingerprint density at radius 1 is 1.71 bits per heavy atom. The molecule has 0 radical (unpaired) electrons. The van der Waals surface area contributed by atoms with Crippen LogP contribution >= 0.6 is 0 Å². The summed E-state index contributed by atoms with van der Waals surface area (Å²) in [5, 5.41) is 2.50. The lowest BCUT2D eigenvalue weighted by atomic mass is 10.2. The lowest BCUT2D eigenvalue weighted by molar-refractivity contribution is -0.116. The molecule has 1 aromatic heterocycles. The van der Waals surface area contributed by atoms with Crippen LogP contribution in [0.1, 0.15) is 13.3 Å². The number of rotatable bonds is 3. The van der Waals surface area contributed by atoms with Crippen molar-refractivity contribution in [2.45, 2.75) is 19.4 Å². The van der Waals surface area contributed by atoms with E-state index in [4.69, 9.17) is 5.73 Å². The normalized spacial score (nSPS) is 12.2. The van der Waals surface area contributed by atoms with Gasteiger partial charge in [0.05, 0.1) is 6.20 Å². The number of halogens is 1. The summed E-state index contributed by atoms with van der Waals surface area (Å²) < 4.78 is 12.4. The van der Waals surface area contributed by atoms with Crippen LogP contribution in [0.25, 0.3) is 0 Å². The van der Waals surface area contributed by atoms with Gasteiger partial charge in [-0.2, -0.15) is 0 Å². The van der Waals surface area contributed by atoms with Crippen molar-refractivity contribution in [3.05, 3.63) is 24.1 Å². The van der Waals surface area contributed by atoms with Gasteiger partial charge >= 0.3 is 0 Å². The number of aromatic nitrogens is 1. The van der Waals surface area contributed by atoms with Gasteiger partial charge in [-0.25, -0.2) is 9.37 Å². The third-order valence-electron chi connectivity index (χ3n) is 1.50. The molecular formula is C9H12FN3O. The van der Waals surface area contributed by atoms with Crippen LogP contribution in [0, 0.1) is 5.82 Å². The Bertz CT molecular complexity index is 310. The molecule has 3 N–H and O–H groups in total. The van der Waals surface area contributed by atoms with Gasteiger partial charge in [0.25, 0.3) is 0 Å². The highest BCUT2D eigenvalue weighted by Gasteiger charge is 2.05. The Morgan fingerprint density at radius 2 is 2.43 bits per heavy atom. The summed E-state index contributed by atoms with van der Waals surface area (Å²) in [6.45, 7) is 1.73. The number of nitrogens with zero attached hydrogens (tertiary/aromatic N) is 1. The Hall–Kier alpha value is -1.49. The molecule has 0 aliphatic heterocycles. The fraction of sp³-hybridized carbons (Fsp3) is 0.333. The maximum atomic E-state index is 12.4. The van der Waals surface area contributed by atoms with Crippen molar-refractivity contribution in [3.8, 4) is 0 Å². The second kappa shape index (κ2) is 4.66. The quantitative estimate of drug-likeness (QED) is 0.756. The molecule has 0 aliphatic carbocycles. The van der Waals surface area contributed by atoms with E-state index in [0.717, 1.165) is 6.20 Å². The molecule has 14 heavy (non-hydrogen) atoms. The molecule has 1 rings (SSSR count). The molecular weight excluding hydrogens is 185 g/mol. The summed E-state index contributed by atoms with van der Waals surface area (Å²) in [5.41, 5.74) is 5.43. The average molecular weight is 197 g/mol. The van der Waals surface area contributed by atoms with E-state index in [2.05, 4.69) is 10.3 Å². The van der Waals surface area contributed by atoms with Crippen molar-refractivity contribution < 1.29 is 9.18 Å². The Morgan fingerprint density at radius 3 is 2.93 bits per heavy atom. The molecule has 0 bridgehead atoms. The fourth-order valence-corrected chi connectivity index (χ4v) is 0.936. The topological polar surface area (TPSA) is 68.0 Å². The van der Waals surface area contributed by atoms with Crippen LogP contribution in [0.4, 0.5) is 10.2 Å². The van der Waals surface area contributed by atoms with E-state index in [1.165, 1.54) is 12.1 Å². The average Bonchev–Trinajstić information content (AvgIpc) is 2.07. The zero-order chi connectivity index (χ0) is 10.6. The van der Waals surface area contributed by atoms with Crippen molar-refractivity contribution >= 4 is 11.7 Å². The predicted molar refractivity (Wildman–Crippen MR) is 51.1 cm³/mol. The molecule has 76 valence electrons. The standard InChI is InChI=1S/C9H12FN3O/c1-6(11)4-9(14)13-8-3-2-7(10)5-12-8/h2-3,5-6H,4,11H2,1H3,(H,12,13,14). The van der Waals surface area contributed by atoms with Gasteiger partial charge in [0, 0.05) is 12.5 Å². The highest BCUT2D eigenvalue weighted by Crippen LogP contribution is 2.04. The molecule has 0 saturated carbocycles. The first-order valence-electron chi connectivity index (χ1n) is 4.25. The summed E-state index contributed by atoms with van der Waals surface area (Å²) >= 11 is 0. The molecule has 0 aromatic carbocycles. The van der Waals surface area contributed by atoms with Gasteiger partial charge in [0.15, 0.2) is 0 Å². The van der Waals surface area contributed by atoms with Gasteiger partial charge in [0.1, 0.15) is 11.6 Å². The molecule has 1 amide bonds. The van der Waals surface area contributed by atoms with Gasteiger partial charge in [-0.05, 0) is 19.1 Å². The molecule has 5 heteroatoms. The zero-order valence-corrected chi connectivity index (χ0v) is 7.83. The zero-order valence-electron chi connectivity index (χ0n) is 7.83. The number of nitrogens with two attached hydrogens (primary N) is 1. The SMILES string of the molecule is CC(N)CC(=O)Nc1ccc(F)cn1. The smallest absolute Gasteiger partial charge is 0.227 e. The minimum absolute atomic E-state index is 0.199. The van der Waals surface area contributed by atoms with Gasteiger partial charge < -0.3 is 11.1 Å². The lowest BCUT2D eigenvalue weighted by Gasteiger charge is -2.05. The van der Waals surface area contributed by atoms with Gasteiger partial charge in [-0.15, -0.1) is 0 Å². The first kappa shape index (κ1) is 10.6. The highest BCUT2D eigenvalue weighted by atomic mass is 19.1. The van der Waals surface area contributed by atoms with Gasteiger partial charge in [-0.1, -0.05) is 0 Å². The van der Waals surface area contributed by atoms with Crippen LogP contribution in [0.3, 0.4) is 0 Å². The number of carbonyl (C=O) groups excluding carboxylic acids is 1. The van der Waals surface area contributed by atoms with E-state index in [-0.39, 0.29) is 18.4 Å². The first-order chi connectivity index (χ1) is 6.58. The van der Waals surface area contributed by atoms with Gasteiger partial charge in [-0.3, -0.25) is 4.79 Å². The number of amides is 1. The third-order valence-corrected chi connectivity index (χ3v) is 1.50. The van der Waals surface area contributed by atoms with Crippen LogP contribution in [-0.2, 0) is 4.79 Å². The van der Waals surface area contributed by atoms with E-state index in [9.17, 15) is 9.18 Å². The van der Waals surface area contributed by atoms with Gasteiger partial charge in [0.2, 0.25) is 5.91 Å². The van der Waals surface area contributed by atoms with E-state index in [0.29, 0.717) is 5.82 Å². The Balaban J connectivity index is 2.52. The molecule has 0 spiro atoms. The molecule has 1 unspecified atom stereocenters. The number of hydrogen-bond donors (Lipinski definition) is 2. The predicted octanol–water partition coefficient (Wildman–Crippen LogP) is 0.896. The maximum absolute atomic E-state index is 12.4. The second-order valence-corrected chi connectivity index (χ2v) is 3.09. The largest absolute Gasteiger partial charge is 0.327 e. The summed E-state index contributed by atoms with van der Waals surface area (Å²) in [7, 11) is 0. The second-order valence-electron chi connectivity index (χ2n) is 3.09. The molecule has 0 fully saturated rings. The number of hydrogen-bond acceptors (Lipinski definition) is 3.